The van der Waals surface area contributed by atoms with Crippen molar-refractivity contribution in [2.45, 2.75) is 25.3 Å². The number of fused-ring (bicyclic) bond motifs is 5. The minimum atomic E-state index is -0.411. The summed E-state index contributed by atoms with van der Waals surface area (Å²) >= 11 is 7.26. The molecule has 0 radical (unpaired) electrons. The SMILES string of the molecule is COC(=O)c1sc(NC2C3C4CCC(C4)C23)nc1Cl. The van der Waals surface area contributed by atoms with Crippen molar-refractivity contribution in [2.24, 2.45) is 23.7 Å². The number of thiazole rings is 1. The number of ether oxygens (including phenoxy) is 1. The summed E-state index contributed by atoms with van der Waals surface area (Å²) in [7, 11) is 1.36. The number of aromatic nitrogens is 1. The summed E-state index contributed by atoms with van der Waals surface area (Å²) in [6.07, 6.45) is 4.23. The molecular formula is C13H15ClN2O2S. The van der Waals surface area contributed by atoms with E-state index in [1.165, 1.54) is 37.7 Å². The van der Waals surface area contributed by atoms with Crippen molar-refractivity contribution in [3.05, 3.63) is 10.0 Å². The number of methoxy groups -OCH3 is 1. The fourth-order valence-corrected chi connectivity index (χ4v) is 5.39. The number of esters is 1. The molecule has 3 aliphatic rings. The molecule has 1 aromatic rings. The number of anilines is 1. The molecule has 3 aliphatic carbocycles. The molecule has 4 atom stereocenters. The highest BCUT2D eigenvalue weighted by Gasteiger charge is 2.65. The van der Waals surface area contributed by atoms with Gasteiger partial charge in [-0.1, -0.05) is 22.9 Å². The maximum Gasteiger partial charge on any atom is 0.351 e. The summed E-state index contributed by atoms with van der Waals surface area (Å²) in [4.78, 5) is 16.1. The van der Waals surface area contributed by atoms with E-state index in [0.29, 0.717) is 10.9 Å². The average Bonchev–Trinajstić information content (AvgIpc) is 2.78. The summed E-state index contributed by atoms with van der Waals surface area (Å²) < 4.78 is 4.69. The second kappa shape index (κ2) is 4.09. The molecule has 1 aromatic heterocycles. The van der Waals surface area contributed by atoms with Gasteiger partial charge in [0.05, 0.1) is 7.11 Å². The zero-order chi connectivity index (χ0) is 13.1. The Hall–Kier alpha value is -0.810. The van der Waals surface area contributed by atoms with Gasteiger partial charge in [0, 0.05) is 6.04 Å². The van der Waals surface area contributed by atoms with Gasteiger partial charge >= 0.3 is 5.97 Å². The second-order valence-corrected chi connectivity index (χ2v) is 7.15. The van der Waals surface area contributed by atoms with Gasteiger partial charge in [-0.3, -0.25) is 0 Å². The van der Waals surface area contributed by atoms with Crippen molar-refractivity contribution >= 4 is 34.0 Å². The lowest BCUT2D eigenvalue weighted by molar-refractivity contribution is 0.0606. The highest BCUT2D eigenvalue weighted by molar-refractivity contribution is 7.18. The molecule has 4 rings (SSSR count). The quantitative estimate of drug-likeness (QED) is 0.872. The highest BCUT2D eigenvalue weighted by atomic mass is 35.5. The van der Waals surface area contributed by atoms with E-state index in [2.05, 4.69) is 15.0 Å². The van der Waals surface area contributed by atoms with Gasteiger partial charge in [0.2, 0.25) is 0 Å². The van der Waals surface area contributed by atoms with Crippen molar-refractivity contribution in [3.8, 4) is 0 Å². The zero-order valence-electron chi connectivity index (χ0n) is 10.6. The Morgan fingerprint density at radius 1 is 1.42 bits per heavy atom. The van der Waals surface area contributed by atoms with Crippen LogP contribution in [0, 0.1) is 23.7 Å². The Balaban J connectivity index is 1.49. The smallest absolute Gasteiger partial charge is 0.351 e. The van der Waals surface area contributed by atoms with Gasteiger partial charge in [-0.05, 0) is 42.9 Å². The van der Waals surface area contributed by atoms with Crippen LogP contribution in [-0.4, -0.2) is 24.1 Å². The molecule has 2 bridgehead atoms. The van der Waals surface area contributed by atoms with Crippen LogP contribution in [0.3, 0.4) is 0 Å². The van der Waals surface area contributed by atoms with Crippen molar-refractivity contribution in [1.29, 1.82) is 0 Å². The molecule has 0 saturated heterocycles. The lowest BCUT2D eigenvalue weighted by atomic mass is 10.0. The first-order valence-electron chi connectivity index (χ1n) is 6.70. The van der Waals surface area contributed by atoms with Crippen molar-refractivity contribution in [1.82, 2.24) is 4.98 Å². The molecule has 6 heteroatoms. The molecule has 0 spiro atoms. The first kappa shape index (κ1) is 12.0. The summed E-state index contributed by atoms with van der Waals surface area (Å²) in [6.45, 7) is 0. The van der Waals surface area contributed by atoms with Gasteiger partial charge in [0.1, 0.15) is 0 Å². The van der Waals surface area contributed by atoms with Crippen LogP contribution in [0.2, 0.25) is 5.15 Å². The number of nitrogens with one attached hydrogen (secondary N) is 1. The van der Waals surface area contributed by atoms with Crippen LogP contribution in [-0.2, 0) is 4.74 Å². The third-order valence-corrected chi connectivity index (χ3v) is 6.33. The van der Waals surface area contributed by atoms with Crippen LogP contribution in [0.15, 0.2) is 0 Å². The molecule has 0 aliphatic heterocycles. The number of hydrogen-bond donors (Lipinski definition) is 1. The van der Waals surface area contributed by atoms with Crippen LogP contribution in [0.5, 0.6) is 0 Å². The molecule has 4 unspecified atom stereocenters. The van der Waals surface area contributed by atoms with Crippen LogP contribution >= 0.6 is 22.9 Å². The van der Waals surface area contributed by atoms with E-state index in [9.17, 15) is 4.79 Å². The Kier molecular flexibility index (Phi) is 2.58. The van der Waals surface area contributed by atoms with E-state index in [0.717, 1.165) is 28.8 Å². The number of nitrogens with zero attached hydrogens (tertiary/aromatic N) is 1. The lowest BCUT2D eigenvalue weighted by Gasteiger charge is -2.08. The number of carbonyl (C=O) groups is 1. The monoisotopic (exact) mass is 298 g/mol. The summed E-state index contributed by atoms with van der Waals surface area (Å²) in [5.74, 6) is 3.10. The first-order chi connectivity index (χ1) is 9.19. The van der Waals surface area contributed by atoms with Crippen molar-refractivity contribution in [3.63, 3.8) is 0 Å². The van der Waals surface area contributed by atoms with E-state index in [4.69, 9.17) is 11.6 Å². The molecule has 102 valence electrons. The van der Waals surface area contributed by atoms with Crippen molar-refractivity contribution < 1.29 is 9.53 Å². The molecule has 4 nitrogen and oxygen atoms in total. The van der Waals surface area contributed by atoms with Gasteiger partial charge in [-0.2, -0.15) is 0 Å². The van der Waals surface area contributed by atoms with Gasteiger partial charge in [0.15, 0.2) is 15.2 Å². The van der Waals surface area contributed by atoms with Gasteiger partial charge in [0.25, 0.3) is 0 Å². The molecule has 0 amide bonds. The second-order valence-electron chi connectivity index (χ2n) is 5.79. The molecule has 1 heterocycles. The maximum atomic E-state index is 11.5. The minimum Gasteiger partial charge on any atom is -0.465 e. The zero-order valence-corrected chi connectivity index (χ0v) is 12.1. The van der Waals surface area contributed by atoms with Crippen molar-refractivity contribution in [2.75, 3.05) is 12.4 Å². The molecule has 0 aromatic carbocycles. The lowest BCUT2D eigenvalue weighted by Crippen LogP contribution is -2.12. The van der Waals surface area contributed by atoms with E-state index in [1.807, 2.05) is 0 Å². The predicted molar refractivity (Wildman–Crippen MR) is 73.7 cm³/mol. The number of hydrogen-bond acceptors (Lipinski definition) is 5. The topological polar surface area (TPSA) is 51.2 Å². The van der Waals surface area contributed by atoms with E-state index >= 15 is 0 Å². The molecule has 3 fully saturated rings. The van der Waals surface area contributed by atoms with Crippen LogP contribution in [0.4, 0.5) is 5.13 Å². The number of rotatable bonds is 3. The first-order valence-corrected chi connectivity index (χ1v) is 7.89. The Morgan fingerprint density at radius 2 is 2.11 bits per heavy atom. The summed E-state index contributed by atoms with van der Waals surface area (Å²) in [5.41, 5.74) is 0. The van der Waals surface area contributed by atoms with Crippen LogP contribution < -0.4 is 5.32 Å². The largest absolute Gasteiger partial charge is 0.465 e. The fraction of sp³-hybridized carbons (Fsp3) is 0.692. The van der Waals surface area contributed by atoms with Crippen LogP contribution in [0.25, 0.3) is 0 Å². The third kappa shape index (κ3) is 1.71. The molecule has 19 heavy (non-hydrogen) atoms. The molecule has 1 N–H and O–H groups in total. The van der Waals surface area contributed by atoms with Gasteiger partial charge in [-0.25, -0.2) is 9.78 Å². The average molecular weight is 299 g/mol. The highest BCUT2D eigenvalue weighted by Crippen LogP contribution is 2.66. The number of halogens is 1. The fourth-order valence-electron chi connectivity index (χ4n) is 4.24. The predicted octanol–water partition coefficient (Wildman–Crippen LogP) is 3.04. The van der Waals surface area contributed by atoms with E-state index in [-0.39, 0.29) is 5.15 Å². The molecular weight excluding hydrogens is 284 g/mol. The maximum absolute atomic E-state index is 11.5. The van der Waals surface area contributed by atoms with Gasteiger partial charge in [-0.15, -0.1) is 0 Å². The summed E-state index contributed by atoms with van der Waals surface area (Å²) in [6, 6.07) is 0.555. The Morgan fingerprint density at radius 3 is 2.74 bits per heavy atom. The Bertz CT molecular complexity index is 531. The minimum absolute atomic E-state index is 0.244. The van der Waals surface area contributed by atoms with Gasteiger partial charge < -0.3 is 10.1 Å². The molecule has 3 saturated carbocycles. The van der Waals surface area contributed by atoms with Crippen LogP contribution in [0.1, 0.15) is 28.9 Å². The number of carbonyl (C=O) groups excluding carboxylic acids is 1. The normalized spacial score (nSPS) is 38.1. The van der Waals surface area contributed by atoms with E-state index < -0.39 is 5.97 Å². The summed E-state index contributed by atoms with van der Waals surface area (Å²) in [5, 5.41) is 4.47. The third-order valence-electron chi connectivity index (χ3n) is 4.98. The standard InChI is InChI=1S/C13H15ClN2O2S/c1-18-12(17)10-11(14)16-13(19-10)15-9-7-5-2-3-6(4-5)8(7)9/h5-9H,2-4H2,1H3,(H,15,16). The van der Waals surface area contributed by atoms with E-state index in [1.54, 1.807) is 0 Å². The Labute approximate surface area is 120 Å².